The molecule has 0 radical (unpaired) electrons. The third-order valence-corrected chi connectivity index (χ3v) is 7.35. The fourth-order valence-corrected chi connectivity index (χ4v) is 5.91. The van der Waals surface area contributed by atoms with Gasteiger partial charge in [0.05, 0.1) is 6.61 Å². The topological polar surface area (TPSA) is 53.1 Å². The Kier molecular flexibility index (Phi) is 4.88. The molecular formula is C20H33N3O3. The van der Waals surface area contributed by atoms with E-state index in [2.05, 4.69) is 18.7 Å². The Hall–Kier alpha value is -1.30. The van der Waals surface area contributed by atoms with E-state index in [1.54, 1.807) is 0 Å². The van der Waals surface area contributed by atoms with Crippen molar-refractivity contribution in [1.29, 1.82) is 0 Å². The molecule has 2 unspecified atom stereocenters. The summed E-state index contributed by atoms with van der Waals surface area (Å²) in [6.07, 6.45) is 3.29. The van der Waals surface area contributed by atoms with Crippen molar-refractivity contribution in [2.75, 3.05) is 39.3 Å². The Balaban J connectivity index is 1.32. The van der Waals surface area contributed by atoms with Crippen molar-refractivity contribution in [2.24, 2.45) is 23.7 Å². The minimum atomic E-state index is -0.130. The van der Waals surface area contributed by atoms with E-state index in [-0.39, 0.29) is 12.0 Å². The van der Waals surface area contributed by atoms with Crippen LogP contribution in [-0.2, 0) is 9.53 Å². The Bertz CT molecular complexity index is 553. The van der Waals surface area contributed by atoms with E-state index in [4.69, 9.17) is 4.74 Å². The molecule has 0 aromatic carbocycles. The van der Waals surface area contributed by atoms with Crippen LogP contribution in [0, 0.1) is 23.7 Å². The second kappa shape index (κ2) is 7.02. The van der Waals surface area contributed by atoms with Gasteiger partial charge in [0.25, 0.3) is 0 Å². The Labute approximate surface area is 156 Å². The van der Waals surface area contributed by atoms with E-state index in [0.29, 0.717) is 42.4 Å². The van der Waals surface area contributed by atoms with Crippen molar-refractivity contribution in [3.8, 4) is 0 Å². The lowest BCUT2D eigenvalue weighted by atomic mass is 9.75. The van der Waals surface area contributed by atoms with Crippen molar-refractivity contribution in [2.45, 2.75) is 52.1 Å². The zero-order chi connectivity index (χ0) is 18.4. The number of fused-ring (bicyclic) bond motifs is 4. The van der Waals surface area contributed by atoms with Crippen molar-refractivity contribution in [1.82, 2.24) is 14.7 Å². The highest BCUT2D eigenvalue weighted by atomic mass is 16.6. The Morgan fingerprint density at radius 2 is 1.73 bits per heavy atom. The molecule has 5 aliphatic rings. The summed E-state index contributed by atoms with van der Waals surface area (Å²) in [6, 6.07) is 0.936. The molecule has 146 valence electrons. The zero-order valence-corrected chi connectivity index (χ0v) is 16.4. The molecule has 26 heavy (non-hydrogen) atoms. The lowest BCUT2D eigenvalue weighted by molar-refractivity contribution is -0.133. The summed E-state index contributed by atoms with van der Waals surface area (Å²) in [5.74, 6) is 2.37. The van der Waals surface area contributed by atoms with Crippen molar-refractivity contribution >= 4 is 12.0 Å². The second-order valence-electron chi connectivity index (χ2n) is 8.46. The summed E-state index contributed by atoms with van der Waals surface area (Å²) in [6.45, 7) is 11.1. The van der Waals surface area contributed by atoms with Gasteiger partial charge in [-0.1, -0.05) is 0 Å². The highest BCUT2D eigenvalue weighted by molar-refractivity contribution is 5.82. The number of likely N-dealkylation sites (tertiary alicyclic amines) is 1. The molecule has 6 nitrogen and oxygen atoms in total. The van der Waals surface area contributed by atoms with Crippen LogP contribution >= 0.6 is 0 Å². The van der Waals surface area contributed by atoms with E-state index in [0.717, 1.165) is 45.6 Å². The summed E-state index contributed by atoms with van der Waals surface area (Å²) in [7, 11) is 0. The quantitative estimate of drug-likeness (QED) is 0.750. The molecule has 0 N–H and O–H groups in total. The van der Waals surface area contributed by atoms with Crippen LogP contribution in [-0.4, -0.2) is 78.1 Å². The Morgan fingerprint density at radius 1 is 1.04 bits per heavy atom. The first-order chi connectivity index (χ1) is 12.6. The highest BCUT2D eigenvalue weighted by Gasteiger charge is 2.61. The summed E-state index contributed by atoms with van der Waals surface area (Å²) in [4.78, 5) is 31.4. The lowest BCUT2D eigenvalue weighted by Gasteiger charge is -2.51. The van der Waals surface area contributed by atoms with Crippen LogP contribution in [0.3, 0.4) is 0 Å². The molecule has 2 bridgehead atoms. The fraction of sp³-hybridized carbons (Fsp3) is 0.900. The van der Waals surface area contributed by atoms with Crippen LogP contribution in [0.15, 0.2) is 0 Å². The molecule has 5 fully saturated rings. The molecule has 2 aliphatic carbocycles. The van der Waals surface area contributed by atoms with Crippen molar-refractivity contribution < 1.29 is 14.3 Å². The van der Waals surface area contributed by atoms with Gasteiger partial charge in [-0.3, -0.25) is 9.69 Å². The second-order valence-corrected chi connectivity index (χ2v) is 8.46. The van der Waals surface area contributed by atoms with Gasteiger partial charge >= 0.3 is 6.09 Å². The molecule has 0 aromatic rings. The number of piperidine rings is 3. The zero-order valence-electron chi connectivity index (χ0n) is 16.4. The molecule has 0 aromatic heterocycles. The number of nitrogens with zero attached hydrogens (tertiary/aromatic N) is 3. The van der Waals surface area contributed by atoms with Crippen molar-refractivity contribution in [3.05, 3.63) is 0 Å². The van der Waals surface area contributed by atoms with E-state index < -0.39 is 0 Å². The maximum atomic E-state index is 12.6. The highest BCUT2D eigenvalue weighted by Crippen LogP contribution is 2.54. The van der Waals surface area contributed by atoms with Crippen LogP contribution in [0.4, 0.5) is 4.79 Å². The van der Waals surface area contributed by atoms with Crippen LogP contribution < -0.4 is 0 Å². The predicted molar refractivity (Wildman–Crippen MR) is 98.6 cm³/mol. The van der Waals surface area contributed by atoms with Crippen LogP contribution in [0.1, 0.15) is 40.0 Å². The number of hydrogen-bond donors (Lipinski definition) is 0. The first kappa shape index (κ1) is 18.1. The van der Waals surface area contributed by atoms with Gasteiger partial charge in [0.15, 0.2) is 0 Å². The van der Waals surface area contributed by atoms with Crippen LogP contribution in [0.5, 0.6) is 0 Å². The van der Waals surface area contributed by atoms with E-state index in [1.807, 2.05) is 16.7 Å². The molecule has 2 saturated carbocycles. The van der Waals surface area contributed by atoms with Crippen LogP contribution in [0.2, 0.25) is 0 Å². The standard InChI is InChI=1S/C20H33N3O3/c1-4-21(5-2)19(24)18-15-11-22(12-16(15)18)17-9-14-8-7-13(17)10-23(14)20(25)26-6-3/h13-18H,4-12H2,1-3H3/t13-,14-,15-,16+,17?,18?/m1/s1. The maximum absolute atomic E-state index is 12.6. The van der Waals surface area contributed by atoms with Crippen LogP contribution in [0.25, 0.3) is 0 Å². The van der Waals surface area contributed by atoms with Gasteiger partial charge in [0.1, 0.15) is 0 Å². The number of amides is 2. The molecule has 3 aliphatic heterocycles. The van der Waals surface area contributed by atoms with E-state index in [1.165, 1.54) is 6.42 Å². The smallest absolute Gasteiger partial charge is 0.410 e. The maximum Gasteiger partial charge on any atom is 0.410 e. The molecule has 2 amide bonds. The fourth-order valence-electron chi connectivity index (χ4n) is 5.91. The number of hydrogen-bond acceptors (Lipinski definition) is 4. The molecule has 6 atom stereocenters. The molecule has 5 rings (SSSR count). The molecule has 3 saturated heterocycles. The van der Waals surface area contributed by atoms with Gasteiger partial charge in [-0.25, -0.2) is 4.79 Å². The van der Waals surface area contributed by atoms with Crippen molar-refractivity contribution in [3.63, 3.8) is 0 Å². The molecule has 0 spiro atoms. The summed E-state index contributed by atoms with van der Waals surface area (Å²) < 4.78 is 5.23. The van der Waals surface area contributed by atoms with Gasteiger partial charge in [-0.15, -0.1) is 0 Å². The number of carbonyl (C=O) groups is 2. The lowest BCUT2D eigenvalue weighted by Crippen LogP contribution is -2.60. The minimum Gasteiger partial charge on any atom is -0.450 e. The van der Waals surface area contributed by atoms with E-state index in [9.17, 15) is 9.59 Å². The van der Waals surface area contributed by atoms with Gasteiger partial charge in [0.2, 0.25) is 5.91 Å². The molecular weight excluding hydrogens is 330 g/mol. The van der Waals surface area contributed by atoms with Gasteiger partial charge in [0, 0.05) is 50.7 Å². The van der Waals surface area contributed by atoms with Gasteiger partial charge in [-0.05, 0) is 57.8 Å². The SMILES string of the molecule is CCOC(=O)N1C[C@H]2CC[C@@H]1CC2N1C[C@@H]2C(C(=O)N(CC)CC)[C@@H]2C1. The summed E-state index contributed by atoms with van der Waals surface area (Å²) in [5.41, 5.74) is 0. The third kappa shape index (κ3) is 2.90. The number of carbonyl (C=O) groups excluding carboxylic acids is 2. The Morgan fingerprint density at radius 3 is 2.27 bits per heavy atom. The largest absolute Gasteiger partial charge is 0.450 e. The average molecular weight is 364 g/mol. The average Bonchev–Trinajstić information content (AvgIpc) is 3.16. The first-order valence-corrected chi connectivity index (χ1v) is 10.5. The third-order valence-electron chi connectivity index (χ3n) is 7.35. The minimum absolute atomic E-state index is 0.130. The summed E-state index contributed by atoms with van der Waals surface area (Å²) in [5, 5.41) is 0. The van der Waals surface area contributed by atoms with Gasteiger partial charge in [-0.2, -0.15) is 0 Å². The normalized spacial score (nSPS) is 38.2. The summed E-state index contributed by atoms with van der Waals surface area (Å²) >= 11 is 0. The van der Waals surface area contributed by atoms with E-state index >= 15 is 0 Å². The monoisotopic (exact) mass is 363 g/mol. The van der Waals surface area contributed by atoms with Gasteiger partial charge < -0.3 is 14.5 Å². The number of rotatable bonds is 5. The predicted octanol–water partition coefficient (Wildman–Crippen LogP) is 2.04. The molecule has 3 heterocycles. The number of ether oxygens (including phenoxy) is 1. The first-order valence-electron chi connectivity index (χ1n) is 10.5. The molecule has 6 heteroatoms.